The molecule has 0 unspecified atom stereocenters. The van der Waals surface area contributed by atoms with Gasteiger partial charge in [0, 0.05) is 39.3 Å². The molecule has 0 aromatic heterocycles. The molecule has 0 aliphatic carbocycles. The van der Waals surface area contributed by atoms with Crippen molar-refractivity contribution in [1.82, 2.24) is 9.80 Å². The van der Waals surface area contributed by atoms with Crippen LogP contribution in [0.4, 0.5) is 16.2 Å². The second kappa shape index (κ2) is 8.55. The van der Waals surface area contributed by atoms with Crippen molar-refractivity contribution >= 4 is 17.4 Å². The zero-order chi connectivity index (χ0) is 16.7. The van der Waals surface area contributed by atoms with Gasteiger partial charge in [-0.1, -0.05) is 18.2 Å². The molecule has 0 spiro atoms. The highest BCUT2D eigenvalue weighted by atomic mass is 16.3. The molecule has 1 saturated heterocycles. The van der Waals surface area contributed by atoms with Crippen LogP contribution in [0.3, 0.4) is 0 Å². The van der Waals surface area contributed by atoms with Crippen LogP contribution >= 0.6 is 0 Å². The minimum Gasteiger partial charge on any atom is -0.395 e. The molecule has 0 bridgehead atoms. The Hall–Kier alpha value is -2.05. The van der Waals surface area contributed by atoms with Gasteiger partial charge in [0.15, 0.2) is 0 Å². The summed E-state index contributed by atoms with van der Waals surface area (Å²) < 4.78 is 0. The Labute approximate surface area is 138 Å². The molecule has 2 amide bonds. The second-order valence-electron chi connectivity index (χ2n) is 5.70. The van der Waals surface area contributed by atoms with Crippen LogP contribution < -0.4 is 10.2 Å². The fraction of sp³-hybridized carbons (Fsp3) is 0.471. The molecule has 1 aliphatic rings. The molecule has 23 heavy (non-hydrogen) atoms. The maximum Gasteiger partial charge on any atom is 0.322 e. The van der Waals surface area contributed by atoms with Crippen molar-refractivity contribution in [2.24, 2.45) is 0 Å². The smallest absolute Gasteiger partial charge is 0.322 e. The van der Waals surface area contributed by atoms with Gasteiger partial charge in [0.2, 0.25) is 0 Å². The highest BCUT2D eigenvalue weighted by Crippen LogP contribution is 2.26. The van der Waals surface area contributed by atoms with E-state index in [1.165, 1.54) is 4.90 Å². The third-order valence-electron chi connectivity index (χ3n) is 4.00. The SMILES string of the molecule is C=CCN(CCO)C(=O)Nc1ccccc1N1CCN(C)CC1. The third kappa shape index (κ3) is 4.71. The lowest BCUT2D eigenvalue weighted by Crippen LogP contribution is -2.45. The molecule has 1 aromatic rings. The molecule has 6 nitrogen and oxygen atoms in total. The van der Waals surface area contributed by atoms with Crippen LogP contribution in [-0.4, -0.2) is 73.9 Å². The van der Waals surface area contributed by atoms with Crippen LogP contribution in [0, 0.1) is 0 Å². The number of nitrogens with zero attached hydrogens (tertiary/aromatic N) is 3. The molecule has 2 N–H and O–H groups in total. The Morgan fingerprint density at radius 1 is 1.35 bits per heavy atom. The Balaban J connectivity index is 2.10. The highest BCUT2D eigenvalue weighted by Gasteiger charge is 2.19. The molecule has 126 valence electrons. The average molecular weight is 318 g/mol. The quantitative estimate of drug-likeness (QED) is 0.780. The van der Waals surface area contributed by atoms with Gasteiger partial charge < -0.3 is 25.1 Å². The van der Waals surface area contributed by atoms with Crippen molar-refractivity contribution in [2.45, 2.75) is 0 Å². The maximum atomic E-state index is 12.4. The number of benzene rings is 1. The Morgan fingerprint density at radius 2 is 2.04 bits per heavy atom. The van der Waals surface area contributed by atoms with E-state index < -0.39 is 0 Å². The lowest BCUT2D eigenvalue weighted by atomic mass is 10.2. The predicted molar refractivity (Wildman–Crippen MR) is 94.0 cm³/mol. The number of rotatable bonds is 6. The Morgan fingerprint density at radius 3 is 2.70 bits per heavy atom. The molecule has 1 fully saturated rings. The van der Waals surface area contributed by atoms with Gasteiger partial charge in [-0.25, -0.2) is 4.79 Å². The van der Waals surface area contributed by atoms with Crippen molar-refractivity contribution in [2.75, 3.05) is 63.1 Å². The second-order valence-corrected chi connectivity index (χ2v) is 5.70. The number of urea groups is 1. The highest BCUT2D eigenvalue weighted by molar-refractivity contribution is 5.93. The minimum absolute atomic E-state index is 0.0681. The monoisotopic (exact) mass is 318 g/mol. The first-order valence-electron chi connectivity index (χ1n) is 7.96. The van der Waals surface area contributed by atoms with Gasteiger partial charge in [0.25, 0.3) is 0 Å². The van der Waals surface area contributed by atoms with Gasteiger partial charge in [-0.05, 0) is 19.2 Å². The number of aliphatic hydroxyl groups is 1. The summed E-state index contributed by atoms with van der Waals surface area (Å²) in [6.07, 6.45) is 1.65. The lowest BCUT2D eigenvalue weighted by molar-refractivity contribution is 0.195. The van der Waals surface area contributed by atoms with Gasteiger partial charge in [-0.15, -0.1) is 6.58 Å². The molecule has 0 atom stereocenters. The van der Waals surface area contributed by atoms with Crippen LogP contribution in [0.15, 0.2) is 36.9 Å². The van der Waals surface area contributed by atoms with Crippen LogP contribution in [0.1, 0.15) is 0 Å². The first-order chi connectivity index (χ1) is 11.2. The number of carbonyl (C=O) groups is 1. The molecular formula is C17H26N4O2. The third-order valence-corrected chi connectivity index (χ3v) is 4.00. The number of amides is 2. The summed E-state index contributed by atoms with van der Waals surface area (Å²) in [5, 5.41) is 12.1. The standard InChI is InChI=1S/C17H26N4O2/c1-3-8-21(13-14-22)17(23)18-15-6-4-5-7-16(15)20-11-9-19(2)10-12-20/h3-7,22H,1,8-14H2,2H3,(H,18,23). The van der Waals surface area contributed by atoms with Crippen molar-refractivity contribution in [3.63, 3.8) is 0 Å². The van der Waals surface area contributed by atoms with Gasteiger partial charge in [-0.3, -0.25) is 0 Å². The van der Waals surface area contributed by atoms with E-state index in [2.05, 4.69) is 28.7 Å². The number of aliphatic hydroxyl groups excluding tert-OH is 1. The molecular weight excluding hydrogens is 292 g/mol. The van der Waals surface area contributed by atoms with Crippen molar-refractivity contribution in [3.05, 3.63) is 36.9 Å². The summed E-state index contributed by atoms with van der Waals surface area (Å²) in [5.74, 6) is 0. The number of anilines is 2. The van der Waals surface area contributed by atoms with E-state index in [-0.39, 0.29) is 19.2 Å². The largest absolute Gasteiger partial charge is 0.395 e. The van der Waals surface area contributed by atoms with E-state index >= 15 is 0 Å². The fourth-order valence-electron chi connectivity index (χ4n) is 2.65. The average Bonchev–Trinajstić information content (AvgIpc) is 2.56. The number of nitrogens with one attached hydrogen (secondary N) is 1. The Bertz CT molecular complexity index is 527. The number of para-hydroxylation sites is 2. The van der Waals surface area contributed by atoms with E-state index in [0.717, 1.165) is 37.6 Å². The van der Waals surface area contributed by atoms with E-state index in [1.807, 2.05) is 24.3 Å². The Kier molecular flexibility index (Phi) is 6.43. The molecule has 1 aliphatic heterocycles. The normalized spacial score (nSPS) is 15.3. The summed E-state index contributed by atoms with van der Waals surface area (Å²) in [5.41, 5.74) is 1.84. The van der Waals surface area contributed by atoms with Gasteiger partial charge in [0.05, 0.1) is 18.0 Å². The van der Waals surface area contributed by atoms with E-state index in [4.69, 9.17) is 5.11 Å². The van der Waals surface area contributed by atoms with Gasteiger partial charge in [-0.2, -0.15) is 0 Å². The van der Waals surface area contributed by atoms with Gasteiger partial charge in [0.1, 0.15) is 0 Å². The van der Waals surface area contributed by atoms with Crippen molar-refractivity contribution < 1.29 is 9.90 Å². The number of hydrogen-bond acceptors (Lipinski definition) is 4. The van der Waals surface area contributed by atoms with Crippen molar-refractivity contribution in [1.29, 1.82) is 0 Å². The van der Waals surface area contributed by atoms with Crippen molar-refractivity contribution in [3.8, 4) is 0 Å². The number of piperazine rings is 1. The summed E-state index contributed by atoms with van der Waals surface area (Å²) in [4.78, 5) is 18.5. The number of hydrogen-bond donors (Lipinski definition) is 2. The van der Waals surface area contributed by atoms with Crippen LogP contribution in [0.2, 0.25) is 0 Å². The van der Waals surface area contributed by atoms with Crippen LogP contribution in [0.25, 0.3) is 0 Å². The molecule has 6 heteroatoms. The predicted octanol–water partition coefficient (Wildman–Crippen LogP) is 1.45. The summed E-state index contributed by atoms with van der Waals surface area (Å²) in [6.45, 7) is 8.18. The van der Waals surface area contributed by atoms with E-state index in [1.54, 1.807) is 6.08 Å². The maximum absolute atomic E-state index is 12.4. The molecule has 2 rings (SSSR count). The minimum atomic E-state index is -0.222. The van der Waals surface area contributed by atoms with E-state index in [9.17, 15) is 4.79 Å². The van der Waals surface area contributed by atoms with Crippen LogP contribution in [-0.2, 0) is 0 Å². The molecule has 0 radical (unpaired) electrons. The van der Waals surface area contributed by atoms with Crippen LogP contribution in [0.5, 0.6) is 0 Å². The fourth-order valence-corrected chi connectivity index (χ4v) is 2.65. The number of likely N-dealkylation sites (N-methyl/N-ethyl adjacent to an activating group) is 1. The summed E-state index contributed by atoms with van der Waals surface area (Å²) in [6, 6.07) is 7.62. The summed E-state index contributed by atoms with van der Waals surface area (Å²) >= 11 is 0. The zero-order valence-corrected chi connectivity index (χ0v) is 13.7. The van der Waals surface area contributed by atoms with Gasteiger partial charge >= 0.3 is 6.03 Å². The molecule has 1 heterocycles. The topological polar surface area (TPSA) is 59.1 Å². The summed E-state index contributed by atoms with van der Waals surface area (Å²) in [7, 11) is 2.12. The van der Waals surface area contributed by atoms with E-state index in [0.29, 0.717) is 6.54 Å². The first kappa shape index (κ1) is 17.3. The lowest BCUT2D eigenvalue weighted by Gasteiger charge is -2.35. The number of carbonyl (C=O) groups excluding carboxylic acids is 1. The zero-order valence-electron chi connectivity index (χ0n) is 13.7. The molecule has 1 aromatic carbocycles. The molecule has 0 saturated carbocycles. The first-order valence-corrected chi connectivity index (χ1v) is 7.96.